The summed E-state index contributed by atoms with van der Waals surface area (Å²) in [7, 11) is 0. The molecule has 2 nitrogen and oxygen atoms in total. The molecule has 4 rings (SSSR count). The first-order valence-electron chi connectivity index (χ1n) is 9.15. The van der Waals surface area contributed by atoms with Crippen LogP contribution in [-0.2, 0) is 6.54 Å². The van der Waals surface area contributed by atoms with Gasteiger partial charge < -0.3 is 0 Å². The molecule has 0 amide bonds. The minimum atomic E-state index is 0.739. The highest BCUT2D eigenvalue weighted by Crippen LogP contribution is 2.30. The molecular weight excluding hydrogens is 476 g/mol. The maximum Gasteiger partial charge on any atom is 0.0930 e. The molecule has 0 aliphatic rings. The molecule has 3 aromatic carbocycles. The Morgan fingerprint density at radius 3 is 2.18 bits per heavy atom. The number of hydrogen-bond donors (Lipinski definition) is 0. The third-order valence-electron chi connectivity index (χ3n) is 4.85. The van der Waals surface area contributed by atoms with Gasteiger partial charge in [0.25, 0.3) is 0 Å². The van der Waals surface area contributed by atoms with E-state index in [1.165, 1.54) is 16.7 Å². The highest BCUT2D eigenvalue weighted by molar-refractivity contribution is 9.10. The standard InChI is InChI=1S/C24H20Br2N2/c1-16-9-10-17(2)20(11-16)15-28-24(19-6-4-8-22(26)13-19)14-23(27-28)18-5-3-7-21(25)12-18/h3-14H,15H2,1-2H3. The zero-order valence-corrected chi connectivity index (χ0v) is 19.0. The van der Waals surface area contributed by atoms with Crippen LogP contribution in [0.4, 0.5) is 0 Å². The van der Waals surface area contributed by atoms with E-state index in [1.807, 2.05) is 18.2 Å². The zero-order chi connectivity index (χ0) is 19.7. The van der Waals surface area contributed by atoms with Crippen molar-refractivity contribution < 1.29 is 0 Å². The Labute approximate surface area is 182 Å². The number of benzene rings is 3. The molecule has 140 valence electrons. The van der Waals surface area contributed by atoms with Crippen LogP contribution >= 0.6 is 31.9 Å². The Morgan fingerprint density at radius 2 is 1.46 bits per heavy atom. The molecule has 4 aromatic rings. The molecule has 28 heavy (non-hydrogen) atoms. The molecule has 1 heterocycles. The lowest BCUT2D eigenvalue weighted by molar-refractivity contribution is 0.693. The summed E-state index contributed by atoms with van der Waals surface area (Å²) in [4.78, 5) is 0. The van der Waals surface area contributed by atoms with Crippen molar-refractivity contribution in [3.63, 3.8) is 0 Å². The fourth-order valence-electron chi connectivity index (χ4n) is 3.34. The fourth-order valence-corrected chi connectivity index (χ4v) is 4.14. The topological polar surface area (TPSA) is 17.8 Å². The van der Waals surface area contributed by atoms with E-state index in [9.17, 15) is 0 Å². The maximum absolute atomic E-state index is 4.97. The van der Waals surface area contributed by atoms with Gasteiger partial charge in [0.15, 0.2) is 0 Å². The quantitative estimate of drug-likeness (QED) is 0.288. The highest BCUT2D eigenvalue weighted by Gasteiger charge is 2.13. The molecule has 0 saturated heterocycles. The minimum absolute atomic E-state index is 0.739. The predicted molar refractivity (Wildman–Crippen MR) is 124 cm³/mol. The normalized spacial score (nSPS) is 11.0. The summed E-state index contributed by atoms with van der Waals surface area (Å²) in [6.45, 7) is 5.03. The van der Waals surface area contributed by atoms with Gasteiger partial charge in [0, 0.05) is 20.1 Å². The minimum Gasteiger partial charge on any atom is -0.260 e. The molecule has 0 atom stereocenters. The van der Waals surface area contributed by atoms with Crippen molar-refractivity contribution in [2.75, 3.05) is 0 Å². The average Bonchev–Trinajstić information content (AvgIpc) is 3.09. The second kappa shape index (κ2) is 8.06. The van der Waals surface area contributed by atoms with Crippen LogP contribution in [0.1, 0.15) is 16.7 Å². The average molecular weight is 496 g/mol. The first-order valence-corrected chi connectivity index (χ1v) is 10.7. The molecule has 0 saturated carbocycles. The van der Waals surface area contributed by atoms with E-state index in [4.69, 9.17) is 5.10 Å². The SMILES string of the molecule is Cc1ccc(C)c(Cn2nc(-c3cccc(Br)c3)cc2-c2cccc(Br)c2)c1. The maximum atomic E-state index is 4.97. The largest absolute Gasteiger partial charge is 0.260 e. The molecule has 0 bridgehead atoms. The van der Waals surface area contributed by atoms with E-state index in [2.05, 4.69) is 105 Å². The Morgan fingerprint density at radius 1 is 0.786 bits per heavy atom. The summed E-state index contributed by atoms with van der Waals surface area (Å²) >= 11 is 7.17. The van der Waals surface area contributed by atoms with Gasteiger partial charge in [-0.3, -0.25) is 4.68 Å². The lowest BCUT2D eigenvalue weighted by Crippen LogP contribution is -2.05. The number of halogens is 2. The van der Waals surface area contributed by atoms with Gasteiger partial charge in [0.2, 0.25) is 0 Å². The van der Waals surface area contributed by atoms with Crippen LogP contribution in [0.2, 0.25) is 0 Å². The van der Waals surface area contributed by atoms with Crippen molar-refractivity contribution in [2.45, 2.75) is 20.4 Å². The summed E-state index contributed by atoms with van der Waals surface area (Å²) in [5.41, 5.74) is 8.17. The van der Waals surface area contributed by atoms with Gasteiger partial charge in [0.1, 0.15) is 0 Å². The van der Waals surface area contributed by atoms with Crippen LogP contribution in [-0.4, -0.2) is 9.78 Å². The first-order chi connectivity index (χ1) is 13.5. The van der Waals surface area contributed by atoms with Gasteiger partial charge in [-0.2, -0.15) is 5.10 Å². The van der Waals surface area contributed by atoms with Gasteiger partial charge in [-0.25, -0.2) is 0 Å². The van der Waals surface area contributed by atoms with E-state index in [-0.39, 0.29) is 0 Å². The van der Waals surface area contributed by atoms with Crippen LogP contribution in [0.5, 0.6) is 0 Å². The summed E-state index contributed by atoms with van der Waals surface area (Å²) in [5, 5.41) is 4.97. The zero-order valence-electron chi connectivity index (χ0n) is 15.8. The van der Waals surface area contributed by atoms with E-state index in [0.717, 1.165) is 38.0 Å². The Balaban J connectivity index is 1.84. The van der Waals surface area contributed by atoms with Crippen molar-refractivity contribution in [2.24, 2.45) is 0 Å². The van der Waals surface area contributed by atoms with Crippen molar-refractivity contribution in [3.8, 4) is 22.5 Å². The van der Waals surface area contributed by atoms with E-state index in [1.54, 1.807) is 0 Å². The molecule has 4 heteroatoms. The summed E-state index contributed by atoms with van der Waals surface area (Å²) in [5.74, 6) is 0. The fraction of sp³-hybridized carbons (Fsp3) is 0.125. The molecule has 0 unspecified atom stereocenters. The molecule has 1 aromatic heterocycles. The smallest absolute Gasteiger partial charge is 0.0930 e. The van der Waals surface area contributed by atoms with E-state index < -0.39 is 0 Å². The molecule has 0 N–H and O–H groups in total. The van der Waals surface area contributed by atoms with Gasteiger partial charge in [-0.1, -0.05) is 79.9 Å². The van der Waals surface area contributed by atoms with Crippen molar-refractivity contribution in [1.29, 1.82) is 0 Å². The predicted octanol–water partition coefficient (Wildman–Crippen LogP) is 7.41. The van der Waals surface area contributed by atoms with Gasteiger partial charge >= 0.3 is 0 Å². The molecule has 0 aliphatic carbocycles. The monoisotopic (exact) mass is 494 g/mol. The third kappa shape index (κ3) is 4.13. The van der Waals surface area contributed by atoms with E-state index in [0.29, 0.717) is 0 Å². The van der Waals surface area contributed by atoms with Crippen molar-refractivity contribution in [1.82, 2.24) is 9.78 Å². The van der Waals surface area contributed by atoms with Crippen LogP contribution < -0.4 is 0 Å². The molecule has 0 spiro atoms. The Hall–Kier alpha value is -2.17. The molecule has 0 aliphatic heterocycles. The Bertz CT molecular complexity index is 1150. The van der Waals surface area contributed by atoms with Crippen LogP contribution in [0.3, 0.4) is 0 Å². The number of hydrogen-bond acceptors (Lipinski definition) is 1. The second-order valence-corrected chi connectivity index (χ2v) is 8.85. The summed E-state index contributed by atoms with van der Waals surface area (Å²) in [6, 6.07) is 25.4. The summed E-state index contributed by atoms with van der Waals surface area (Å²) < 4.78 is 4.23. The van der Waals surface area contributed by atoms with Crippen molar-refractivity contribution >= 4 is 31.9 Å². The van der Waals surface area contributed by atoms with E-state index >= 15 is 0 Å². The van der Waals surface area contributed by atoms with Gasteiger partial charge in [0.05, 0.1) is 17.9 Å². The second-order valence-electron chi connectivity index (χ2n) is 7.02. The first kappa shape index (κ1) is 19.2. The Kier molecular flexibility index (Phi) is 5.51. The number of aryl methyl sites for hydroxylation is 2. The van der Waals surface area contributed by atoms with Crippen LogP contribution in [0.15, 0.2) is 81.7 Å². The van der Waals surface area contributed by atoms with Crippen LogP contribution in [0, 0.1) is 13.8 Å². The molecular formula is C24H20Br2N2. The molecule has 0 fully saturated rings. The number of aromatic nitrogens is 2. The number of rotatable bonds is 4. The van der Waals surface area contributed by atoms with Gasteiger partial charge in [-0.15, -0.1) is 0 Å². The van der Waals surface area contributed by atoms with Crippen molar-refractivity contribution in [3.05, 3.63) is 98.4 Å². The lowest BCUT2D eigenvalue weighted by Gasteiger charge is -2.11. The third-order valence-corrected chi connectivity index (χ3v) is 5.83. The van der Waals surface area contributed by atoms with Crippen LogP contribution in [0.25, 0.3) is 22.5 Å². The molecule has 0 radical (unpaired) electrons. The highest BCUT2D eigenvalue weighted by atomic mass is 79.9. The number of nitrogens with zero attached hydrogens (tertiary/aromatic N) is 2. The summed E-state index contributed by atoms with van der Waals surface area (Å²) in [6.07, 6.45) is 0. The lowest BCUT2D eigenvalue weighted by atomic mass is 10.1. The van der Waals surface area contributed by atoms with Gasteiger partial charge in [-0.05, 0) is 55.3 Å².